The van der Waals surface area contributed by atoms with E-state index in [0.29, 0.717) is 9.59 Å². The van der Waals surface area contributed by atoms with Crippen molar-refractivity contribution in [1.29, 1.82) is 0 Å². The summed E-state index contributed by atoms with van der Waals surface area (Å²) in [7, 11) is 0. The summed E-state index contributed by atoms with van der Waals surface area (Å²) in [5, 5.41) is 3.71. The molecule has 0 fully saturated rings. The van der Waals surface area contributed by atoms with Gasteiger partial charge in [-0.15, -0.1) is 0 Å². The van der Waals surface area contributed by atoms with Crippen LogP contribution in [0, 0.1) is 0 Å². The van der Waals surface area contributed by atoms with Crippen LogP contribution in [0.25, 0.3) is 5.69 Å². The summed E-state index contributed by atoms with van der Waals surface area (Å²) in [4.78, 5) is 49.9. The number of rotatable bonds is 2. The molecular weight excluding hydrogens is 393 g/mol. The predicted octanol–water partition coefficient (Wildman–Crippen LogP) is 1.02. The number of amides is 2. The lowest BCUT2D eigenvalue weighted by atomic mass is 9.92. The van der Waals surface area contributed by atoms with Gasteiger partial charge in [0, 0.05) is 11.9 Å². The van der Waals surface area contributed by atoms with Crippen LogP contribution in [-0.4, -0.2) is 27.5 Å². The minimum atomic E-state index is -5.36. The number of hydrogen-bond donors (Lipinski definition) is 3. The van der Waals surface area contributed by atoms with Crippen LogP contribution in [0.5, 0.6) is 0 Å². The highest BCUT2D eigenvalue weighted by atomic mass is 35.5. The van der Waals surface area contributed by atoms with Crippen LogP contribution in [0.15, 0.2) is 33.9 Å². The van der Waals surface area contributed by atoms with Gasteiger partial charge in [-0.2, -0.15) is 13.2 Å². The molecule has 2 heterocycles. The molecule has 0 spiro atoms. The van der Waals surface area contributed by atoms with Gasteiger partial charge < -0.3 is 10.6 Å². The molecule has 1 aliphatic rings. The zero-order valence-electron chi connectivity index (χ0n) is 13.4. The summed E-state index contributed by atoms with van der Waals surface area (Å²) >= 11 is 5.76. The Kier molecular flexibility index (Phi) is 4.14. The van der Waals surface area contributed by atoms with E-state index in [1.54, 1.807) is 4.98 Å². The lowest BCUT2D eigenvalue weighted by Crippen LogP contribution is -2.61. The average molecular weight is 403 g/mol. The van der Waals surface area contributed by atoms with Crippen LogP contribution in [0.3, 0.4) is 0 Å². The van der Waals surface area contributed by atoms with Gasteiger partial charge in [0.25, 0.3) is 11.5 Å². The third-order valence-corrected chi connectivity index (χ3v) is 4.18. The van der Waals surface area contributed by atoms with Crippen molar-refractivity contribution in [3.05, 3.63) is 55.7 Å². The lowest BCUT2D eigenvalue weighted by molar-refractivity contribution is -0.200. The number of carbonyl (C=O) groups excluding carboxylic acids is 2. The molecule has 1 unspecified atom stereocenters. The van der Waals surface area contributed by atoms with Crippen molar-refractivity contribution in [3.8, 4) is 5.69 Å². The molecule has 8 nitrogen and oxygen atoms in total. The third kappa shape index (κ3) is 2.70. The van der Waals surface area contributed by atoms with E-state index in [4.69, 9.17) is 11.6 Å². The summed E-state index contributed by atoms with van der Waals surface area (Å²) in [6.07, 6.45) is -5.36. The van der Waals surface area contributed by atoms with Crippen molar-refractivity contribution in [2.75, 3.05) is 5.32 Å². The fourth-order valence-corrected chi connectivity index (χ4v) is 3.00. The Balaban J connectivity index is 2.42. The molecule has 1 aromatic heterocycles. The van der Waals surface area contributed by atoms with Crippen molar-refractivity contribution >= 4 is 29.2 Å². The van der Waals surface area contributed by atoms with E-state index in [9.17, 15) is 32.3 Å². The minimum Gasteiger partial charge on any atom is -0.331 e. The van der Waals surface area contributed by atoms with Gasteiger partial charge in [-0.25, -0.2) is 9.36 Å². The van der Waals surface area contributed by atoms with Crippen LogP contribution >= 0.6 is 11.6 Å². The van der Waals surface area contributed by atoms with Gasteiger partial charge in [0.05, 0.1) is 5.69 Å². The number of hydrogen-bond acceptors (Lipinski definition) is 4. The molecule has 0 radical (unpaired) electrons. The number of nitrogens with zero attached hydrogens (tertiary/aromatic N) is 1. The number of H-pyrrole nitrogens is 1. The van der Waals surface area contributed by atoms with Gasteiger partial charge in [0.2, 0.25) is 11.4 Å². The van der Waals surface area contributed by atoms with Gasteiger partial charge in [0.1, 0.15) is 11.4 Å². The van der Waals surface area contributed by atoms with Gasteiger partial charge in [-0.3, -0.25) is 19.4 Å². The first-order valence-corrected chi connectivity index (χ1v) is 7.69. The first-order valence-electron chi connectivity index (χ1n) is 7.31. The smallest absolute Gasteiger partial charge is 0.331 e. The summed E-state index contributed by atoms with van der Waals surface area (Å²) in [6, 6.07) is 5.34. The summed E-state index contributed by atoms with van der Waals surface area (Å²) in [5.74, 6) is -3.60. The monoisotopic (exact) mass is 402 g/mol. The Bertz CT molecular complexity index is 1070. The SMILES string of the molecule is CC(=O)NC1(C(F)(F)F)C(=O)Nc2c1c(=O)[nH]c(=O)n2-c1ccc(Cl)cc1. The summed E-state index contributed by atoms with van der Waals surface area (Å²) < 4.78 is 42.2. The van der Waals surface area contributed by atoms with Crippen molar-refractivity contribution in [2.45, 2.75) is 18.6 Å². The highest BCUT2D eigenvalue weighted by Crippen LogP contribution is 2.45. The van der Waals surface area contributed by atoms with Crippen molar-refractivity contribution < 1.29 is 22.8 Å². The second kappa shape index (κ2) is 5.98. The third-order valence-electron chi connectivity index (χ3n) is 3.93. The van der Waals surface area contributed by atoms with E-state index >= 15 is 0 Å². The Morgan fingerprint density at radius 2 is 1.78 bits per heavy atom. The van der Waals surface area contributed by atoms with Crippen LogP contribution in [0.4, 0.5) is 19.0 Å². The van der Waals surface area contributed by atoms with E-state index in [1.165, 1.54) is 29.6 Å². The summed E-state index contributed by atoms with van der Waals surface area (Å²) in [5.41, 5.74) is -7.27. The second-order valence-electron chi connectivity index (χ2n) is 5.68. The minimum absolute atomic E-state index is 0.0398. The molecule has 1 aliphatic heterocycles. The number of anilines is 1. The Morgan fingerprint density at radius 3 is 2.30 bits per heavy atom. The molecule has 1 aromatic carbocycles. The van der Waals surface area contributed by atoms with E-state index in [0.717, 1.165) is 6.92 Å². The Hall–Kier alpha value is -3.08. The maximum Gasteiger partial charge on any atom is 0.425 e. The van der Waals surface area contributed by atoms with E-state index in [1.807, 2.05) is 5.32 Å². The number of nitrogens with one attached hydrogen (secondary N) is 3. The zero-order valence-corrected chi connectivity index (χ0v) is 14.2. The highest BCUT2D eigenvalue weighted by Gasteiger charge is 2.68. The fraction of sp³-hybridized carbons (Fsp3) is 0.200. The topological polar surface area (TPSA) is 113 Å². The van der Waals surface area contributed by atoms with Crippen LogP contribution in [0.2, 0.25) is 5.02 Å². The first kappa shape index (κ1) is 18.7. The highest BCUT2D eigenvalue weighted by molar-refractivity contribution is 6.30. The molecule has 0 saturated carbocycles. The molecule has 2 aromatic rings. The molecule has 2 amide bonds. The number of benzene rings is 1. The van der Waals surface area contributed by atoms with Crippen molar-refractivity contribution in [3.63, 3.8) is 0 Å². The van der Waals surface area contributed by atoms with E-state index in [2.05, 4.69) is 0 Å². The standard InChI is InChI=1S/C15H10ClF3N4O4/c1-6(24)22-14(15(17,18)19)9-10(20-12(14)26)23(13(27)21-11(9)25)8-4-2-7(16)3-5-8/h2-5H,1H3,(H,20,26)(H,22,24)(H,21,25,27). The molecule has 1 atom stereocenters. The van der Waals surface area contributed by atoms with Gasteiger partial charge >= 0.3 is 11.9 Å². The maximum atomic E-state index is 13.8. The van der Waals surface area contributed by atoms with Gasteiger partial charge in [-0.05, 0) is 24.3 Å². The number of halogens is 4. The number of aromatic amines is 1. The van der Waals surface area contributed by atoms with Crippen molar-refractivity contribution in [2.24, 2.45) is 0 Å². The zero-order chi connectivity index (χ0) is 20.1. The maximum absolute atomic E-state index is 13.8. The largest absolute Gasteiger partial charge is 0.425 e. The number of alkyl halides is 3. The molecule has 0 bridgehead atoms. The quantitative estimate of drug-likeness (QED) is 0.696. The predicted molar refractivity (Wildman–Crippen MR) is 87.8 cm³/mol. The number of carbonyl (C=O) groups is 2. The molecule has 12 heteroatoms. The molecule has 0 saturated heterocycles. The normalized spacial score (nSPS) is 18.8. The molecule has 0 aliphatic carbocycles. The van der Waals surface area contributed by atoms with E-state index < -0.39 is 46.2 Å². The average Bonchev–Trinajstić information content (AvgIpc) is 2.82. The number of aromatic nitrogens is 2. The summed E-state index contributed by atoms with van der Waals surface area (Å²) in [6.45, 7) is 0.766. The molecular formula is C15H10ClF3N4O4. The number of fused-ring (bicyclic) bond motifs is 1. The fourth-order valence-electron chi connectivity index (χ4n) is 2.88. The van der Waals surface area contributed by atoms with Gasteiger partial charge in [0.15, 0.2) is 0 Å². The second-order valence-corrected chi connectivity index (χ2v) is 6.11. The van der Waals surface area contributed by atoms with Crippen LogP contribution < -0.4 is 21.9 Å². The van der Waals surface area contributed by atoms with Gasteiger partial charge in [-0.1, -0.05) is 11.6 Å². The molecule has 142 valence electrons. The molecule has 3 N–H and O–H groups in total. The Labute approximate surface area is 153 Å². The molecule has 3 rings (SSSR count). The van der Waals surface area contributed by atoms with Crippen molar-refractivity contribution in [1.82, 2.24) is 14.9 Å². The van der Waals surface area contributed by atoms with Crippen LogP contribution in [-0.2, 0) is 15.1 Å². The van der Waals surface area contributed by atoms with Crippen LogP contribution in [0.1, 0.15) is 12.5 Å². The molecule has 27 heavy (non-hydrogen) atoms. The van der Waals surface area contributed by atoms with E-state index in [-0.39, 0.29) is 5.69 Å². The first-order chi connectivity index (χ1) is 12.5. The Morgan fingerprint density at radius 1 is 1.19 bits per heavy atom. The lowest BCUT2D eigenvalue weighted by Gasteiger charge is -2.29.